The van der Waals surface area contributed by atoms with Crippen LogP contribution in [0.1, 0.15) is 31.7 Å². The first-order chi connectivity index (χ1) is 7.27. The maximum atomic E-state index is 9.19. The van der Waals surface area contributed by atoms with Gasteiger partial charge in [-0.1, -0.05) is 42.0 Å². The molecule has 2 rings (SSSR count). The lowest BCUT2D eigenvalue weighted by molar-refractivity contribution is 0.270. The predicted octanol–water partition coefficient (Wildman–Crippen LogP) is 3.78. The fraction of sp³-hybridized carbons (Fsp3) is 0.357. The van der Waals surface area contributed by atoms with Crippen LogP contribution in [0.25, 0.3) is 6.08 Å². The summed E-state index contributed by atoms with van der Waals surface area (Å²) in [5.74, 6) is 0. The Hall–Kier alpha value is -1.55. The number of benzene rings is 1. The lowest BCUT2D eigenvalue weighted by Crippen LogP contribution is -2.28. The second-order valence-electron chi connectivity index (χ2n) is 4.29. The SMILES string of the molecule is C/C(=C\c1ccccc1)C1(C#N)CCC1. The minimum Gasteiger partial charge on any atom is -0.197 e. The molecule has 0 bridgehead atoms. The average molecular weight is 197 g/mol. The van der Waals surface area contributed by atoms with E-state index >= 15 is 0 Å². The van der Waals surface area contributed by atoms with Crippen LogP contribution in [-0.4, -0.2) is 0 Å². The summed E-state index contributed by atoms with van der Waals surface area (Å²) in [6.45, 7) is 2.08. The molecule has 0 heterocycles. The molecule has 15 heavy (non-hydrogen) atoms. The Balaban J connectivity index is 2.25. The van der Waals surface area contributed by atoms with Crippen molar-refractivity contribution in [2.75, 3.05) is 0 Å². The minimum absolute atomic E-state index is 0.157. The van der Waals surface area contributed by atoms with Gasteiger partial charge in [0.2, 0.25) is 0 Å². The molecule has 0 spiro atoms. The molecule has 0 aromatic heterocycles. The van der Waals surface area contributed by atoms with Gasteiger partial charge in [-0.05, 0) is 31.7 Å². The van der Waals surface area contributed by atoms with E-state index in [-0.39, 0.29) is 5.41 Å². The third-order valence-electron chi connectivity index (χ3n) is 3.36. The Morgan fingerprint density at radius 3 is 2.47 bits per heavy atom. The fourth-order valence-corrected chi connectivity index (χ4v) is 2.06. The van der Waals surface area contributed by atoms with Gasteiger partial charge in [-0.3, -0.25) is 0 Å². The molecule has 0 atom stereocenters. The minimum atomic E-state index is -0.157. The monoisotopic (exact) mass is 197 g/mol. The summed E-state index contributed by atoms with van der Waals surface area (Å²) in [6, 6.07) is 12.7. The van der Waals surface area contributed by atoms with E-state index in [9.17, 15) is 5.26 Å². The largest absolute Gasteiger partial charge is 0.197 e. The molecule has 1 aromatic carbocycles. The maximum Gasteiger partial charge on any atom is 0.0783 e. The smallest absolute Gasteiger partial charge is 0.0783 e. The van der Waals surface area contributed by atoms with Crippen molar-refractivity contribution in [2.45, 2.75) is 26.2 Å². The van der Waals surface area contributed by atoms with Crippen LogP contribution in [0.5, 0.6) is 0 Å². The number of rotatable bonds is 2. The van der Waals surface area contributed by atoms with E-state index in [1.807, 2.05) is 18.2 Å². The number of hydrogen-bond acceptors (Lipinski definition) is 1. The molecule has 0 amide bonds. The Kier molecular flexibility index (Phi) is 2.60. The van der Waals surface area contributed by atoms with Crippen LogP contribution in [0.3, 0.4) is 0 Å². The zero-order chi connectivity index (χ0) is 10.7. The Bertz CT molecular complexity index is 405. The van der Waals surface area contributed by atoms with Gasteiger partial charge in [-0.15, -0.1) is 0 Å². The molecular formula is C14H15N. The molecule has 0 radical (unpaired) electrons. The van der Waals surface area contributed by atoms with Gasteiger partial charge in [0, 0.05) is 0 Å². The number of nitrogens with zero attached hydrogens (tertiary/aromatic N) is 1. The fourth-order valence-electron chi connectivity index (χ4n) is 2.06. The Morgan fingerprint density at radius 2 is 2.00 bits per heavy atom. The summed E-state index contributed by atoms with van der Waals surface area (Å²) in [6.07, 6.45) is 5.38. The van der Waals surface area contributed by atoms with Crippen LogP contribution >= 0.6 is 0 Å². The van der Waals surface area contributed by atoms with E-state index in [0.29, 0.717) is 0 Å². The first-order valence-corrected chi connectivity index (χ1v) is 5.42. The van der Waals surface area contributed by atoms with E-state index < -0.39 is 0 Å². The highest BCUT2D eigenvalue weighted by Crippen LogP contribution is 2.46. The third kappa shape index (κ3) is 1.80. The highest BCUT2D eigenvalue weighted by Gasteiger charge is 2.38. The standard InChI is InChI=1S/C14H15N/c1-12(14(11-15)8-5-9-14)10-13-6-3-2-4-7-13/h2-4,6-7,10H,5,8-9H2,1H3/b12-10+. The van der Waals surface area contributed by atoms with Crippen LogP contribution < -0.4 is 0 Å². The quantitative estimate of drug-likeness (QED) is 0.707. The van der Waals surface area contributed by atoms with Crippen molar-refractivity contribution in [1.29, 1.82) is 5.26 Å². The van der Waals surface area contributed by atoms with Gasteiger partial charge in [-0.25, -0.2) is 0 Å². The molecule has 0 saturated heterocycles. The first-order valence-electron chi connectivity index (χ1n) is 5.42. The predicted molar refractivity (Wildman–Crippen MR) is 62.0 cm³/mol. The molecular weight excluding hydrogens is 182 g/mol. The lowest BCUT2D eigenvalue weighted by atomic mass is 9.65. The first kappa shape index (κ1) is 9.98. The molecule has 76 valence electrons. The highest BCUT2D eigenvalue weighted by atomic mass is 14.4. The van der Waals surface area contributed by atoms with E-state index in [0.717, 1.165) is 12.8 Å². The Morgan fingerprint density at radius 1 is 1.33 bits per heavy atom. The summed E-state index contributed by atoms with van der Waals surface area (Å²) >= 11 is 0. The summed E-state index contributed by atoms with van der Waals surface area (Å²) < 4.78 is 0. The van der Waals surface area contributed by atoms with Crippen molar-refractivity contribution in [1.82, 2.24) is 0 Å². The summed E-state index contributed by atoms with van der Waals surface area (Å²) in [5, 5.41) is 9.19. The molecule has 1 fully saturated rings. The van der Waals surface area contributed by atoms with Crippen molar-refractivity contribution < 1.29 is 0 Å². The highest BCUT2D eigenvalue weighted by molar-refractivity contribution is 5.55. The van der Waals surface area contributed by atoms with Crippen molar-refractivity contribution in [2.24, 2.45) is 5.41 Å². The molecule has 0 unspecified atom stereocenters. The second-order valence-corrected chi connectivity index (χ2v) is 4.29. The van der Waals surface area contributed by atoms with Gasteiger partial charge in [-0.2, -0.15) is 5.26 Å². The van der Waals surface area contributed by atoms with E-state index in [1.165, 1.54) is 17.6 Å². The third-order valence-corrected chi connectivity index (χ3v) is 3.36. The molecule has 1 aliphatic rings. The zero-order valence-corrected chi connectivity index (χ0v) is 9.03. The van der Waals surface area contributed by atoms with Crippen LogP contribution in [-0.2, 0) is 0 Å². The van der Waals surface area contributed by atoms with Crippen molar-refractivity contribution in [3.63, 3.8) is 0 Å². The average Bonchev–Trinajstić information content (AvgIpc) is 2.18. The van der Waals surface area contributed by atoms with Crippen molar-refractivity contribution in [3.8, 4) is 6.07 Å². The molecule has 1 aliphatic carbocycles. The summed E-state index contributed by atoms with van der Waals surface area (Å²) in [5.41, 5.74) is 2.24. The molecule has 1 saturated carbocycles. The normalized spacial score (nSPS) is 19.1. The number of allylic oxidation sites excluding steroid dienone is 1. The summed E-state index contributed by atoms with van der Waals surface area (Å²) in [4.78, 5) is 0. The zero-order valence-electron chi connectivity index (χ0n) is 9.03. The number of hydrogen-bond donors (Lipinski definition) is 0. The van der Waals surface area contributed by atoms with E-state index in [2.05, 4.69) is 31.2 Å². The van der Waals surface area contributed by atoms with Gasteiger partial charge in [0.15, 0.2) is 0 Å². The van der Waals surface area contributed by atoms with Gasteiger partial charge in [0.1, 0.15) is 0 Å². The molecule has 0 aliphatic heterocycles. The molecule has 1 nitrogen and oxygen atoms in total. The lowest BCUT2D eigenvalue weighted by Gasteiger charge is -2.36. The molecule has 1 heteroatoms. The maximum absolute atomic E-state index is 9.19. The topological polar surface area (TPSA) is 23.8 Å². The molecule has 1 aromatic rings. The van der Waals surface area contributed by atoms with Gasteiger partial charge in [0.25, 0.3) is 0 Å². The van der Waals surface area contributed by atoms with Crippen molar-refractivity contribution in [3.05, 3.63) is 41.5 Å². The molecule has 0 N–H and O–H groups in total. The Labute approximate surface area is 91.0 Å². The number of nitriles is 1. The van der Waals surface area contributed by atoms with E-state index in [1.54, 1.807) is 0 Å². The van der Waals surface area contributed by atoms with Crippen LogP contribution in [0.2, 0.25) is 0 Å². The van der Waals surface area contributed by atoms with Crippen LogP contribution in [0.15, 0.2) is 35.9 Å². The van der Waals surface area contributed by atoms with Gasteiger partial charge in [0.05, 0.1) is 11.5 Å². The summed E-state index contributed by atoms with van der Waals surface area (Å²) in [7, 11) is 0. The van der Waals surface area contributed by atoms with Crippen LogP contribution in [0.4, 0.5) is 0 Å². The van der Waals surface area contributed by atoms with Gasteiger partial charge < -0.3 is 0 Å². The van der Waals surface area contributed by atoms with Gasteiger partial charge >= 0.3 is 0 Å². The second kappa shape index (κ2) is 3.90. The van der Waals surface area contributed by atoms with Crippen molar-refractivity contribution >= 4 is 6.08 Å². The van der Waals surface area contributed by atoms with Crippen LogP contribution in [0, 0.1) is 16.7 Å². The van der Waals surface area contributed by atoms with E-state index in [4.69, 9.17) is 0 Å².